The first-order valence-corrected chi connectivity index (χ1v) is 5.36. The minimum Gasteiger partial charge on any atom is -0.396 e. The molecule has 4 nitrogen and oxygen atoms in total. The predicted molar refractivity (Wildman–Crippen MR) is 54.9 cm³/mol. The van der Waals surface area contributed by atoms with Gasteiger partial charge in [0.25, 0.3) is 0 Å². The lowest BCUT2D eigenvalue weighted by Gasteiger charge is -2.31. The third-order valence-electron chi connectivity index (χ3n) is 2.60. The van der Waals surface area contributed by atoms with Crippen molar-refractivity contribution in [2.24, 2.45) is 5.92 Å². The smallest absolute Gasteiger partial charge is 0.234 e. The summed E-state index contributed by atoms with van der Waals surface area (Å²) in [5.74, 6) is 0.448. The number of aliphatic hydroxyl groups excluding tert-OH is 1. The van der Waals surface area contributed by atoms with Crippen molar-refractivity contribution in [3.8, 4) is 0 Å². The van der Waals surface area contributed by atoms with Crippen molar-refractivity contribution in [3.05, 3.63) is 0 Å². The summed E-state index contributed by atoms with van der Waals surface area (Å²) in [6.45, 7) is 5.16. The fraction of sp³-hybridized carbons (Fsp3) is 0.900. The van der Waals surface area contributed by atoms with Crippen LogP contribution in [0.4, 0.5) is 0 Å². The molecule has 14 heavy (non-hydrogen) atoms. The number of rotatable bonds is 4. The minimum atomic E-state index is 0.0890. The number of hydrogen-bond acceptors (Lipinski definition) is 3. The molecule has 0 unspecified atom stereocenters. The summed E-state index contributed by atoms with van der Waals surface area (Å²) in [4.78, 5) is 13.4. The van der Waals surface area contributed by atoms with Crippen molar-refractivity contribution in [1.29, 1.82) is 0 Å². The topological polar surface area (TPSA) is 52.6 Å². The van der Waals surface area contributed by atoms with Gasteiger partial charge in [0.05, 0.1) is 6.54 Å². The number of likely N-dealkylation sites (N-methyl/N-ethyl adjacent to an activating group) is 1. The maximum atomic E-state index is 11.3. The molecule has 1 aliphatic rings. The molecule has 2 N–H and O–H groups in total. The number of carbonyl (C=O) groups excluding carboxylic acids is 1. The maximum absolute atomic E-state index is 11.3. The van der Waals surface area contributed by atoms with Gasteiger partial charge in [-0.05, 0) is 32.2 Å². The lowest BCUT2D eigenvalue weighted by Crippen LogP contribution is -2.43. The minimum absolute atomic E-state index is 0.0890. The lowest BCUT2D eigenvalue weighted by atomic mass is 9.99. The van der Waals surface area contributed by atoms with Crippen LogP contribution in [0.1, 0.15) is 19.8 Å². The van der Waals surface area contributed by atoms with Crippen LogP contribution in [-0.4, -0.2) is 48.7 Å². The highest BCUT2D eigenvalue weighted by Crippen LogP contribution is 2.14. The summed E-state index contributed by atoms with van der Waals surface area (Å²) < 4.78 is 0. The van der Waals surface area contributed by atoms with Crippen LogP contribution in [0.2, 0.25) is 0 Å². The van der Waals surface area contributed by atoms with Gasteiger partial charge in [-0.2, -0.15) is 0 Å². The van der Waals surface area contributed by atoms with E-state index in [0.717, 1.165) is 25.9 Å². The number of nitrogens with zero attached hydrogens (tertiary/aromatic N) is 1. The van der Waals surface area contributed by atoms with Crippen molar-refractivity contribution in [1.82, 2.24) is 10.2 Å². The van der Waals surface area contributed by atoms with Gasteiger partial charge < -0.3 is 10.4 Å². The van der Waals surface area contributed by atoms with E-state index in [-0.39, 0.29) is 12.5 Å². The standard InChI is InChI=1S/C10H20N2O2/c1-2-11-10(14)7-12-5-3-4-9(6-12)8-13/h9,13H,2-8H2,1H3,(H,11,14)/t9-/m1/s1. The van der Waals surface area contributed by atoms with Crippen molar-refractivity contribution in [2.45, 2.75) is 19.8 Å². The summed E-state index contributed by atoms with van der Waals surface area (Å²) in [7, 11) is 0. The van der Waals surface area contributed by atoms with Crippen molar-refractivity contribution in [2.75, 3.05) is 32.8 Å². The molecular weight excluding hydrogens is 180 g/mol. The van der Waals surface area contributed by atoms with Gasteiger partial charge in [0, 0.05) is 19.7 Å². The zero-order valence-corrected chi connectivity index (χ0v) is 8.83. The van der Waals surface area contributed by atoms with Crippen LogP contribution < -0.4 is 5.32 Å². The molecule has 1 saturated heterocycles. The predicted octanol–water partition coefficient (Wildman–Crippen LogP) is -0.173. The van der Waals surface area contributed by atoms with E-state index in [1.165, 1.54) is 0 Å². The van der Waals surface area contributed by atoms with Crippen molar-refractivity contribution >= 4 is 5.91 Å². The zero-order valence-electron chi connectivity index (χ0n) is 8.83. The van der Waals surface area contributed by atoms with Gasteiger partial charge in [0.1, 0.15) is 0 Å². The van der Waals surface area contributed by atoms with E-state index >= 15 is 0 Å². The Morgan fingerprint density at radius 1 is 1.64 bits per heavy atom. The van der Waals surface area contributed by atoms with Crippen LogP contribution in [-0.2, 0) is 4.79 Å². The molecule has 1 rings (SSSR count). The van der Waals surface area contributed by atoms with Gasteiger partial charge in [0.15, 0.2) is 0 Å². The first-order chi connectivity index (χ1) is 6.76. The average Bonchev–Trinajstić information content (AvgIpc) is 2.18. The lowest BCUT2D eigenvalue weighted by molar-refractivity contribution is -0.122. The summed E-state index contributed by atoms with van der Waals surface area (Å²) in [6.07, 6.45) is 2.17. The molecular formula is C10H20N2O2. The molecule has 1 fully saturated rings. The molecule has 0 bridgehead atoms. The largest absolute Gasteiger partial charge is 0.396 e. The van der Waals surface area contributed by atoms with E-state index in [0.29, 0.717) is 19.0 Å². The van der Waals surface area contributed by atoms with Gasteiger partial charge in [-0.3, -0.25) is 9.69 Å². The number of carbonyl (C=O) groups is 1. The Labute approximate surface area is 85.3 Å². The van der Waals surface area contributed by atoms with Crippen LogP contribution in [0, 0.1) is 5.92 Å². The highest BCUT2D eigenvalue weighted by atomic mass is 16.3. The molecule has 0 aromatic rings. The van der Waals surface area contributed by atoms with E-state index in [9.17, 15) is 4.79 Å². The fourth-order valence-electron chi connectivity index (χ4n) is 1.90. The molecule has 1 amide bonds. The van der Waals surface area contributed by atoms with Crippen LogP contribution >= 0.6 is 0 Å². The highest BCUT2D eigenvalue weighted by molar-refractivity contribution is 5.77. The highest BCUT2D eigenvalue weighted by Gasteiger charge is 2.20. The summed E-state index contributed by atoms with van der Waals surface area (Å²) >= 11 is 0. The van der Waals surface area contributed by atoms with Crippen LogP contribution in [0.25, 0.3) is 0 Å². The van der Waals surface area contributed by atoms with E-state index < -0.39 is 0 Å². The second-order valence-corrected chi connectivity index (χ2v) is 3.88. The Balaban J connectivity index is 2.26. The Hall–Kier alpha value is -0.610. The van der Waals surface area contributed by atoms with Crippen molar-refractivity contribution in [3.63, 3.8) is 0 Å². The van der Waals surface area contributed by atoms with E-state index in [1.807, 2.05) is 6.92 Å². The summed E-state index contributed by atoms with van der Waals surface area (Å²) in [5.41, 5.74) is 0. The first-order valence-electron chi connectivity index (χ1n) is 5.36. The molecule has 0 radical (unpaired) electrons. The number of nitrogens with one attached hydrogen (secondary N) is 1. The number of hydrogen-bond donors (Lipinski definition) is 2. The Morgan fingerprint density at radius 2 is 2.43 bits per heavy atom. The van der Waals surface area contributed by atoms with E-state index in [1.54, 1.807) is 0 Å². The summed E-state index contributed by atoms with van der Waals surface area (Å²) in [5, 5.41) is 11.8. The third kappa shape index (κ3) is 3.64. The molecule has 0 saturated carbocycles. The normalized spacial score (nSPS) is 23.4. The van der Waals surface area contributed by atoms with Gasteiger partial charge >= 0.3 is 0 Å². The molecule has 1 heterocycles. The molecule has 0 aliphatic carbocycles. The average molecular weight is 200 g/mol. The molecule has 1 atom stereocenters. The number of amides is 1. The molecule has 0 aromatic carbocycles. The zero-order chi connectivity index (χ0) is 10.4. The maximum Gasteiger partial charge on any atom is 0.234 e. The first kappa shape index (κ1) is 11.5. The Kier molecular flexibility index (Phi) is 4.90. The molecule has 0 spiro atoms. The molecule has 82 valence electrons. The number of likely N-dealkylation sites (tertiary alicyclic amines) is 1. The van der Waals surface area contributed by atoms with Crippen LogP contribution in [0.5, 0.6) is 0 Å². The Bertz CT molecular complexity index is 185. The fourth-order valence-corrected chi connectivity index (χ4v) is 1.90. The monoisotopic (exact) mass is 200 g/mol. The van der Waals surface area contributed by atoms with Crippen LogP contribution in [0.15, 0.2) is 0 Å². The molecule has 1 aliphatic heterocycles. The van der Waals surface area contributed by atoms with Crippen LogP contribution in [0.3, 0.4) is 0 Å². The summed E-state index contributed by atoms with van der Waals surface area (Å²) in [6, 6.07) is 0. The number of piperidine rings is 1. The van der Waals surface area contributed by atoms with Crippen molar-refractivity contribution < 1.29 is 9.90 Å². The SMILES string of the molecule is CCNC(=O)CN1CCC[C@@H](CO)C1. The van der Waals surface area contributed by atoms with E-state index in [4.69, 9.17) is 5.11 Å². The third-order valence-corrected chi connectivity index (χ3v) is 2.60. The number of aliphatic hydroxyl groups is 1. The van der Waals surface area contributed by atoms with Gasteiger partial charge in [0.2, 0.25) is 5.91 Å². The van der Waals surface area contributed by atoms with E-state index in [2.05, 4.69) is 10.2 Å². The molecule has 0 aromatic heterocycles. The van der Waals surface area contributed by atoms with Gasteiger partial charge in [-0.1, -0.05) is 0 Å². The Morgan fingerprint density at radius 3 is 3.07 bits per heavy atom. The molecule has 4 heteroatoms. The second-order valence-electron chi connectivity index (χ2n) is 3.88. The van der Waals surface area contributed by atoms with Gasteiger partial charge in [-0.15, -0.1) is 0 Å². The van der Waals surface area contributed by atoms with Gasteiger partial charge in [-0.25, -0.2) is 0 Å². The second kappa shape index (κ2) is 5.98. The quantitative estimate of drug-likeness (QED) is 0.662.